The van der Waals surface area contributed by atoms with Crippen LogP contribution in [0.25, 0.3) is 16.9 Å². The van der Waals surface area contributed by atoms with E-state index in [0.717, 1.165) is 11.3 Å². The van der Waals surface area contributed by atoms with Crippen LogP contribution in [0.1, 0.15) is 27.2 Å². The van der Waals surface area contributed by atoms with E-state index < -0.39 is 5.60 Å². The van der Waals surface area contributed by atoms with Crippen molar-refractivity contribution in [3.05, 3.63) is 43.0 Å². The molecule has 8 heteroatoms. The third kappa shape index (κ3) is 5.06. The fraction of sp³-hybridized carbons (Fsp3) is 0.353. The second kappa shape index (κ2) is 7.69. The van der Waals surface area contributed by atoms with Crippen LogP contribution in [0.5, 0.6) is 0 Å². The number of esters is 1. The molecule has 0 radical (unpaired) electrons. The lowest BCUT2D eigenvalue weighted by Gasteiger charge is -2.18. The Morgan fingerprint density at radius 2 is 1.92 bits per heavy atom. The van der Waals surface area contributed by atoms with Crippen molar-refractivity contribution in [2.24, 2.45) is 0 Å². The Balaban J connectivity index is 0.00000225. The highest BCUT2D eigenvalue weighted by Crippen LogP contribution is 2.14. The molecule has 0 fully saturated rings. The zero-order valence-corrected chi connectivity index (χ0v) is 16.0. The molecule has 3 heterocycles. The predicted octanol–water partition coefficient (Wildman–Crippen LogP) is -1.19. The summed E-state index contributed by atoms with van der Waals surface area (Å²) in [6.45, 7) is 6.17. The standard InChI is InChI=1S/C17H20N5O2.BrH/c1-17(2,3)24-16(23)8-11-21-9-6-13(7-10-21)14-4-5-15-18-12-19-22(15)20-14;/h4-7,9-10,12H,8,11H2,1-3H3;1H/q+1;/p-1. The summed E-state index contributed by atoms with van der Waals surface area (Å²) in [6, 6.07) is 7.70. The molecule has 0 N–H and O–H groups in total. The van der Waals surface area contributed by atoms with Gasteiger partial charge in [-0.3, -0.25) is 4.79 Å². The topological polar surface area (TPSA) is 73.3 Å². The molecule has 0 amide bonds. The average molecular weight is 406 g/mol. The number of pyridine rings is 1. The highest BCUT2D eigenvalue weighted by Gasteiger charge is 2.17. The Hall–Kier alpha value is -2.35. The summed E-state index contributed by atoms with van der Waals surface area (Å²) in [7, 11) is 0. The van der Waals surface area contributed by atoms with E-state index in [-0.39, 0.29) is 23.0 Å². The Morgan fingerprint density at radius 1 is 1.20 bits per heavy atom. The number of nitrogens with zero attached hydrogens (tertiary/aromatic N) is 5. The third-order valence-corrected chi connectivity index (χ3v) is 3.33. The quantitative estimate of drug-likeness (QED) is 0.403. The number of fused-ring (bicyclic) bond motifs is 1. The lowest BCUT2D eigenvalue weighted by atomic mass is 10.2. The van der Waals surface area contributed by atoms with Gasteiger partial charge in [-0.25, -0.2) is 9.55 Å². The van der Waals surface area contributed by atoms with E-state index in [2.05, 4.69) is 15.2 Å². The maximum absolute atomic E-state index is 11.8. The normalized spacial score (nSPS) is 11.2. The number of halogens is 1. The molecule has 0 saturated heterocycles. The maximum Gasteiger partial charge on any atom is 0.312 e. The van der Waals surface area contributed by atoms with Gasteiger partial charge < -0.3 is 21.7 Å². The van der Waals surface area contributed by atoms with Crippen LogP contribution in [0.2, 0.25) is 0 Å². The number of carbonyl (C=O) groups excluding carboxylic acids is 1. The van der Waals surface area contributed by atoms with Gasteiger partial charge in [0.2, 0.25) is 0 Å². The van der Waals surface area contributed by atoms with E-state index in [9.17, 15) is 4.79 Å². The summed E-state index contributed by atoms with van der Waals surface area (Å²) in [5.74, 6) is -0.197. The second-order valence-electron chi connectivity index (χ2n) is 6.49. The van der Waals surface area contributed by atoms with Crippen molar-refractivity contribution in [2.45, 2.75) is 39.3 Å². The summed E-state index contributed by atoms with van der Waals surface area (Å²) in [5.41, 5.74) is 2.05. The van der Waals surface area contributed by atoms with Crippen molar-refractivity contribution < 1.29 is 31.1 Å². The first-order valence-electron chi connectivity index (χ1n) is 7.79. The van der Waals surface area contributed by atoms with Crippen molar-refractivity contribution in [3.63, 3.8) is 0 Å². The summed E-state index contributed by atoms with van der Waals surface area (Å²) in [4.78, 5) is 15.8. The van der Waals surface area contributed by atoms with E-state index in [1.807, 2.05) is 62.0 Å². The van der Waals surface area contributed by atoms with Crippen molar-refractivity contribution in [1.29, 1.82) is 0 Å². The maximum atomic E-state index is 11.8. The molecule has 3 aromatic rings. The largest absolute Gasteiger partial charge is 1.00 e. The van der Waals surface area contributed by atoms with Gasteiger partial charge in [-0.05, 0) is 32.9 Å². The van der Waals surface area contributed by atoms with Gasteiger partial charge in [-0.2, -0.15) is 0 Å². The van der Waals surface area contributed by atoms with E-state index >= 15 is 0 Å². The van der Waals surface area contributed by atoms with Crippen LogP contribution in [0.4, 0.5) is 0 Å². The molecular weight excluding hydrogens is 386 g/mol. The van der Waals surface area contributed by atoms with Gasteiger partial charge in [-0.1, -0.05) is 0 Å². The van der Waals surface area contributed by atoms with Crippen LogP contribution in [-0.2, 0) is 16.1 Å². The van der Waals surface area contributed by atoms with E-state index in [1.54, 1.807) is 0 Å². The predicted molar refractivity (Wildman–Crippen MR) is 86.9 cm³/mol. The molecule has 3 aromatic heterocycles. The molecule has 0 saturated carbocycles. The van der Waals surface area contributed by atoms with Crippen molar-refractivity contribution in [2.75, 3.05) is 0 Å². The fourth-order valence-corrected chi connectivity index (χ4v) is 2.26. The SMILES string of the molecule is CC(C)(C)OC(=O)CC[n+]1ccc(-c2ccc3ncnn3n2)cc1.[Br-]. The number of rotatable bonds is 4. The van der Waals surface area contributed by atoms with Gasteiger partial charge in [0.05, 0.1) is 5.69 Å². The Labute approximate surface area is 156 Å². The summed E-state index contributed by atoms with van der Waals surface area (Å²) in [5, 5.41) is 8.45. The molecule has 0 atom stereocenters. The molecule has 0 aliphatic carbocycles. The molecule has 0 bridgehead atoms. The van der Waals surface area contributed by atoms with Crippen molar-refractivity contribution in [1.82, 2.24) is 19.8 Å². The molecule has 7 nitrogen and oxygen atoms in total. The molecule has 0 aliphatic rings. The first kappa shape index (κ1) is 19.0. The first-order chi connectivity index (χ1) is 11.4. The molecular formula is C17H20BrN5O2. The number of hydrogen-bond acceptors (Lipinski definition) is 5. The number of aryl methyl sites for hydroxylation is 1. The van der Waals surface area contributed by atoms with Crippen LogP contribution < -0.4 is 21.5 Å². The zero-order chi connectivity index (χ0) is 17.2. The number of hydrogen-bond donors (Lipinski definition) is 0. The second-order valence-corrected chi connectivity index (χ2v) is 6.49. The fourth-order valence-electron chi connectivity index (χ4n) is 2.26. The summed E-state index contributed by atoms with van der Waals surface area (Å²) in [6.07, 6.45) is 5.66. The van der Waals surface area contributed by atoms with E-state index in [0.29, 0.717) is 18.6 Å². The molecule has 132 valence electrons. The van der Waals surface area contributed by atoms with Gasteiger partial charge in [-0.15, -0.1) is 14.8 Å². The highest BCUT2D eigenvalue weighted by atomic mass is 79.9. The zero-order valence-electron chi connectivity index (χ0n) is 14.4. The van der Waals surface area contributed by atoms with Crippen LogP contribution >= 0.6 is 0 Å². The number of aromatic nitrogens is 5. The lowest BCUT2D eigenvalue weighted by Crippen LogP contribution is -3.00. The van der Waals surface area contributed by atoms with Crippen molar-refractivity contribution in [3.8, 4) is 11.3 Å². The van der Waals surface area contributed by atoms with Gasteiger partial charge in [0.25, 0.3) is 0 Å². The minimum absolute atomic E-state index is 0. The molecule has 3 rings (SSSR count). The smallest absolute Gasteiger partial charge is 0.312 e. The molecule has 25 heavy (non-hydrogen) atoms. The van der Waals surface area contributed by atoms with E-state index in [4.69, 9.17) is 4.74 Å². The Morgan fingerprint density at radius 3 is 2.60 bits per heavy atom. The molecule has 0 aromatic carbocycles. The van der Waals surface area contributed by atoms with Gasteiger partial charge >= 0.3 is 5.97 Å². The first-order valence-corrected chi connectivity index (χ1v) is 7.79. The van der Waals surface area contributed by atoms with Crippen LogP contribution in [0, 0.1) is 0 Å². The monoisotopic (exact) mass is 405 g/mol. The molecule has 0 unspecified atom stereocenters. The lowest BCUT2D eigenvalue weighted by molar-refractivity contribution is -0.695. The average Bonchev–Trinajstić information content (AvgIpc) is 2.99. The summed E-state index contributed by atoms with van der Waals surface area (Å²) >= 11 is 0. The molecule has 0 aliphatic heterocycles. The number of ether oxygens (including phenoxy) is 1. The Kier molecular flexibility index (Phi) is 5.84. The van der Waals surface area contributed by atoms with Crippen molar-refractivity contribution >= 4 is 11.6 Å². The minimum atomic E-state index is -0.447. The summed E-state index contributed by atoms with van der Waals surface area (Å²) < 4.78 is 8.75. The molecule has 0 spiro atoms. The minimum Gasteiger partial charge on any atom is -1.00 e. The third-order valence-electron chi connectivity index (χ3n) is 3.33. The Bertz CT molecular complexity index is 855. The van der Waals surface area contributed by atoms with E-state index in [1.165, 1.54) is 11.0 Å². The van der Waals surface area contributed by atoms with Gasteiger partial charge in [0, 0.05) is 17.7 Å². The van der Waals surface area contributed by atoms with Crippen LogP contribution in [-0.4, -0.2) is 31.4 Å². The van der Waals surface area contributed by atoms with Gasteiger partial charge in [0.15, 0.2) is 24.6 Å². The van der Waals surface area contributed by atoms with Crippen LogP contribution in [0.3, 0.4) is 0 Å². The van der Waals surface area contributed by atoms with Crippen LogP contribution in [0.15, 0.2) is 43.0 Å². The number of carbonyl (C=O) groups is 1. The highest BCUT2D eigenvalue weighted by molar-refractivity contribution is 5.69. The van der Waals surface area contributed by atoms with Gasteiger partial charge in [0.1, 0.15) is 18.3 Å².